The molecule has 0 saturated carbocycles. The first-order valence-electron chi connectivity index (χ1n) is 4.59. The summed E-state index contributed by atoms with van der Waals surface area (Å²) in [6, 6.07) is 1.64. The van der Waals surface area contributed by atoms with E-state index in [0.717, 1.165) is 17.1 Å². The predicted molar refractivity (Wildman–Crippen MR) is 53.7 cm³/mol. The average molecular weight is 196 g/mol. The van der Waals surface area contributed by atoms with E-state index in [1.165, 1.54) is 0 Å². The third-order valence-electron chi connectivity index (χ3n) is 2.17. The number of nitrogens with two attached hydrogens (primary N) is 1. The molecule has 1 aromatic rings. The zero-order chi connectivity index (χ0) is 10.7. The lowest BCUT2D eigenvalue weighted by Gasteiger charge is -2.08. The van der Waals surface area contributed by atoms with Crippen LogP contribution in [0.5, 0.6) is 0 Å². The van der Waals surface area contributed by atoms with Gasteiger partial charge in [-0.2, -0.15) is 0 Å². The molecule has 1 unspecified atom stereocenters. The van der Waals surface area contributed by atoms with Crippen LogP contribution in [0.15, 0.2) is 10.5 Å². The number of rotatable bonds is 4. The molecule has 1 rings (SSSR count). The molecule has 0 aliphatic heterocycles. The van der Waals surface area contributed by atoms with Crippen molar-refractivity contribution in [1.82, 2.24) is 5.32 Å². The van der Waals surface area contributed by atoms with Crippen molar-refractivity contribution in [3.63, 3.8) is 0 Å². The standard InChI is InChI=1S/C10H16N2O2/c1-6-4-9(8(3)14-6)5-12-7(2)10(11)13/h4,7,12H,5H2,1-3H3,(H2,11,13). The van der Waals surface area contributed by atoms with Crippen molar-refractivity contribution in [1.29, 1.82) is 0 Å². The van der Waals surface area contributed by atoms with Gasteiger partial charge in [-0.15, -0.1) is 0 Å². The summed E-state index contributed by atoms with van der Waals surface area (Å²) in [5, 5.41) is 3.02. The Kier molecular flexibility index (Phi) is 3.30. The van der Waals surface area contributed by atoms with E-state index in [0.29, 0.717) is 6.54 Å². The maximum atomic E-state index is 10.7. The van der Waals surface area contributed by atoms with Crippen molar-refractivity contribution in [2.24, 2.45) is 5.73 Å². The van der Waals surface area contributed by atoms with Crippen LogP contribution in [0.25, 0.3) is 0 Å². The smallest absolute Gasteiger partial charge is 0.234 e. The zero-order valence-electron chi connectivity index (χ0n) is 8.76. The number of primary amides is 1. The molecule has 0 spiro atoms. The highest BCUT2D eigenvalue weighted by Crippen LogP contribution is 2.13. The largest absolute Gasteiger partial charge is 0.466 e. The van der Waals surface area contributed by atoms with E-state index >= 15 is 0 Å². The Labute approximate surface area is 83.5 Å². The lowest BCUT2D eigenvalue weighted by atomic mass is 10.2. The van der Waals surface area contributed by atoms with Gasteiger partial charge in [0.1, 0.15) is 11.5 Å². The lowest BCUT2D eigenvalue weighted by Crippen LogP contribution is -2.38. The number of hydrogen-bond donors (Lipinski definition) is 2. The molecular weight excluding hydrogens is 180 g/mol. The number of furan rings is 1. The van der Waals surface area contributed by atoms with Crippen LogP contribution in [-0.2, 0) is 11.3 Å². The molecule has 3 N–H and O–H groups in total. The van der Waals surface area contributed by atoms with Gasteiger partial charge in [-0.25, -0.2) is 0 Å². The van der Waals surface area contributed by atoms with E-state index in [1.807, 2.05) is 19.9 Å². The first-order valence-corrected chi connectivity index (χ1v) is 4.59. The summed E-state index contributed by atoms with van der Waals surface area (Å²) in [5.74, 6) is 1.42. The second-order valence-electron chi connectivity index (χ2n) is 3.44. The summed E-state index contributed by atoms with van der Waals surface area (Å²) in [7, 11) is 0. The van der Waals surface area contributed by atoms with Crippen molar-refractivity contribution in [2.75, 3.05) is 0 Å². The SMILES string of the molecule is Cc1cc(CNC(C)C(N)=O)c(C)o1. The van der Waals surface area contributed by atoms with Crippen molar-refractivity contribution in [2.45, 2.75) is 33.4 Å². The molecule has 14 heavy (non-hydrogen) atoms. The minimum Gasteiger partial charge on any atom is -0.466 e. The van der Waals surface area contributed by atoms with Crippen LogP contribution in [0.2, 0.25) is 0 Å². The maximum Gasteiger partial charge on any atom is 0.234 e. The Morgan fingerprint density at radius 1 is 1.64 bits per heavy atom. The highest BCUT2D eigenvalue weighted by Gasteiger charge is 2.09. The quantitative estimate of drug-likeness (QED) is 0.750. The zero-order valence-corrected chi connectivity index (χ0v) is 8.76. The van der Waals surface area contributed by atoms with E-state index in [-0.39, 0.29) is 11.9 Å². The summed E-state index contributed by atoms with van der Waals surface area (Å²) in [4.78, 5) is 10.7. The molecule has 1 atom stereocenters. The molecule has 4 heteroatoms. The summed E-state index contributed by atoms with van der Waals surface area (Å²) in [6.45, 7) is 6.14. The molecule has 0 bridgehead atoms. The van der Waals surface area contributed by atoms with Crippen LogP contribution in [-0.4, -0.2) is 11.9 Å². The molecule has 0 aromatic carbocycles. The van der Waals surface area contributed by atoms with Gasteiger partial charge in [0, 0.05) is 12.1 Å². The average Bonchev–Trinajstić information content (AvgIpc) is 2.40. The highest BCUT2D eigenvalue weighted by atomic mass is 16.3. The minimum atomic E-state index is -0.345. The van der Waals surface area contributed by atoms with E-state index in [1.54, 1.807) is 6.92 Å². The molecule has 1 amide bonds. The lowest BCUT2D eigenvalue weighted by molar-refractivity contribution is -0.119. The second kappa shape index (κ2) is 4.28. The van der Waals surface area contributed by atoms with E-state index in [4.69, 9.17) is 10.2 Å². The van der Waals surface area contributed by atoms with Gasteiger partial charge in [0.15, 0.2) is 0 Å². The van der Waals surface area contributed by atoms with Gasteiger partial charge in [0.05, 0.1) is 6.04 Å². The number of carbonyl (C=O) groups excluding carboxylic acids is 1. The second-order valence-corrected chi connectivity index (χ2v) is 3.44. The Morgan fingerprint density at radius 2 is 2.29 bits per heavy atom. The van der Waals surface area contributed by atoms with Crippen LogP contribution >= 0.6 is 0 Å². The maximum absolute atomic E-state index is 10.7. The van der Waals surface area contributed by atoms with Gasteiger partial charge in [-0.05, 0) is 26.8 Å². The first-order chi connectivity index (χ1) is 6.50. The fourth-order valence-electron chi connectivity index (χ4n) is 1.22. The summed E-state index contributed by atoms with van der Waals surface area (Å²) < 4.78 is 5.35. The predicted octanol–water partition coefficient (Wildman–Crippen LogP) is 0.860. The summed E-state index contributed by atoms with van der Waals surface area (Å²) in [6.07, 6.45) is 0. The van der Waals surface area contributed by atoms with Crippen molar-refractivity contribution >= 4 is 5.91 Å². The number of carbonyl (C=O) groups is 1. The number of aryl methyl sites for hydroxylation is 2. The topological polar surface area (TPSA) is 68.3 Å². The van der Waals surface area contributed by atoms with Gasteiger partial charge in [0.25, 0.3) is 0 Å². The van der Waals surface area contributed by atoms with Crippen LogP contribution in [0, 0.1) is 13.8 Å². The third kappa shape index (κ3) is 2.60. The summed E-state index contributed by atoms with van der Waals surface area (Å²) in [5.41, 5.74) is 6.18. The third-order valence-corrected chi connectivity index (χ3v) is 2.17. The molecule has 0 fully saturated rings. The van der Waals surface area contributed by atoms with Crippen LogP contribution < -0.4 is 11.1 Å². The monoisotopic (exact) mass is 196 g/mol. The molecule has 1 heterocycles. The Hall–Kier alpha value is -1.29. The minimum absolute atomic E-state index is 0.315. The van der Waals surface area contributed by atoms with Crippen molar-refractivity contribution in [3.8, 4) is 0 Å². The number of hydrogen-bond acceptors (Lipinski definition) is 3. The van der Waals surface area contributed by atoms with Gasteiger partial charge >= 0.3 is 0 Å². The van der Waals surface area contributed by atoms with Gasteiger partial charge < -0.3 is 15.5 Å². The number of nitrogens with one attached hydrogen (secondary N) is 1. The molecule has 0 aliphatic rings. The van der Waals surface area contributed by atoms with Crippen molar-refractivity contribution in [3.05, 3.63) is 23.2 Å². The fraction of sp³-hybridized carbons (Fsp3) is 0.500. The molecular formula is C10H16N2O2. The fourth-order valence-corrected chi connectivity index (χ4v) is 1.22. The first kappa shape index (κ1) is 10.8. The van der Waals surface area contributed by atoms with Gasteiger partial charge in [0.2, 0.25) is 5.91 Å². The Morgan fingerprint density at radius 3 is 2.71 bits per heavy atom. The Bertz CT molecular complexity index is 331. The van der Waals surface area contributed by atoms with E-state index in [9.17, 15) is 4.79 Å². The van der Waals surface area contributed by atoms with E-state index in [2.05, 4.69) is 5.32 Å². The highest BCUT2D eigenvalue weighted by molar-refractivity contribution is 5.79. The van der Waals surface area contributed by atoms with Gasteiger partial charge in [-0.1, -0.05) is 0 Å². The molecule has 78 valence electrons. The van der Waals surface area contributed by atoms with Crippen LogP contribution in [0.4, 0.5) is 0 Å². The molecule has 4 nitrogen and oxygen atoms in total. The molecule has 0 radical (unpaired) electrons. The Balaban J connectivity index is 2.53. The van der Waals surface area contributed by atoms with E-state index < -0.39 is 0 Å². The molecule has 0 aliphatic carbocycles. The van der Waals surface area contributed by atoms with Crippen molar-refractivity contribution < 1.29 is 9.21 Å². The number of amides is 1. The summed E-state index contributed by atoms with van der Waals surface area (Å²) >= 11 is 0. The molecule has 1 aromatic heterocycles. The van der Waals surface area contributed by atoms with Crippen LogP contribution in [0.1, 0.15) is 24.0 Å². The van der Waals surface area contributed by atoms with Gasteiger partial charge in [-0.3, -0.25) is 4.79 Å². The van der Waals surface area contributed by atoms with Crippen LogP contribution in [0.3, 0.4) is 0 Å². The molecule has 0 saturated heterocycles. The normalized spacial score (nSPS) is 12.8.